The summed E-state index contributed by atoms with van der Waals surface area (Å²) >= 11 is 0. The van der Waals surface area contributed by atoms with Crippen LogP contribution in [-0.4, -0.2) is 30.2 Å². The molecule has 2 aromatic rings. The van der Waals surface area contributed by atoms with Crippen molar-refractivity contribution in [2.45, 2.75) is 18.4 Å². The molecular weight excluding hydrogens is 312 g/mol. The number of anilines is 1. The molecule has 22 heavy (non-hydrogen) atoms. The van der Waals surface area contributed by atoms with Crippen molar-refractivity contribution in [3.63, 3.8) is 0 Å². The van der Waals surface area contributed by atoms with E-state index in [0.29, 0.717) is 6.54 Å². The van der Waals surface area contributed by atoms with Crippen LogP contribution < -0.4 is 9.46 Å². The fourth-order valence-electron chi connectivity index (χ4n) is 1.79. The maximum Gasteiger partial charge on any atom is 0.271 e. The smallest absolute Gasteiger partial charge is 0.271 e. The minimum absolute atomic E-state index is 0.0148. The van der Waals surface area contributed by atoms with E-state index < -0.39 is 14.9 Å². The maximum absolute atomic E-state index is 12.4. The molecule has 0 fully saturated rings. The first-order chi connectivity index (χ1) is 10.4. The van der Waals surface area contributed by atoms with Gasteiger partial charge in [0.25, 0.3) is 15.7 Å². The monoisotopic (exact) mass is 326 g/mol. The summed E-state index contributed by atoms with van der Waals surface area (Å²) in [4.78, 5) is 9.83. The zero-order chi connectivity index (χ0) is 16.3. The second-order valence-corrected chi connectivity index (χ2v) is 5.93. The lowest BCUT2D eigenvalue weighted by Crippen LogP contribution is -2.14. The molecule has 0 bridgehead atoms. The number of nitrogens with zero attached hydrogens (tertiary/aromatic N) is 3. The predicted molar refractivity (Wildman–Crippen MR) is 78.4 cm³/mol. The summed E-state index contributed by atoms with van der Waals surface area (Å²) in [5.74, 6) is 0.0148. The lowest BCUT2D eigenvalue weighted by Gasteiger charge is -2.10. The molecule has 0 amide bonds. The molecule has 0 saturated carbocycles. The molecule has 0 aliphatic rings. The van der Waals surface area contributed by atoms with E-state index in [1.165, 1.54) is 31.6 Å². The lowest BCUT2D eigenvalue weighted by atomic mass is 10.3. The summed E-state index contributed by atoms with van der Waals surface area (Å²) in [5, 5.41) is 14.8. The van der Waals surface area contributed by atoms with E-state index in [-0.39, 0.29) is 22.0 Å². The molecule has 0 aliphatic heterocycles. The number of aryl methyl sites for hydroxylation is 1. The van der Waals surface area contributed by atoms with Crippen LogP contribution in [0.15, 0.2) is 35.5 Å². The Kier molecular flexibility index (Phi) is 4.31. The number of ether oxygens (including phenoxy) is 1. The third kappa shape index (κ3) is 3.17. The van der Waals surface area contributed by atoms with E-state index in [4.69, 9.17) is 4.74 Å². The molecule has 9 nitrogen and oxygen atoms in total. The van der Waals surface area contributed by atoms with Gasteiger partial charge in [-0.3, -0.25) is 19.5 Å². The van der Waals surface area contributed by atoms with Crippen LogP contribution in [0.5, 0.6) is 5.75 Å². The van der Waals surface area contributed by atoms with Gasteiger partial charge in [0.05, 0.1) is 23.9 Å². The molecule has 1 aromatic heterocycles. The van der Waals surface area contributed by atoms with Crippen LogP contribution in [0.1, 0.15) is 6.92 Å². The van der Waals surface area contributed by atoms with E-state index in [2.05, 4.69) is 9.82 Å². The number of benzene rings is 1. The quantitative estimate of drug-likeness (QED) is 0.637. The minimum Gasteiger partial charge on any atom is -0.495 e. The highest BCUT2D eigenvalue weighted by atomic mass is 32.2. The van der Waals surface area contributed by atoms with Crippen molar-refractivity contribution in [3.8, 4) is 5.75 Å². The topological polar surface area (TPSA) is 116 Å². The van der Waals surface area contributed by atoms with Crippen LogP contribution in [-0.2, 0) is 16.6 Å². The van der Waals surface area contributed by atoms with Crippen molar-refractivity contribution in [1.82, 2.24) is 9.78 Å². The number of nitro groups is 1. The van der Waals surface area contributed by atoms with E-state index in [9.17, 15) is 18.5 Å². The van der Waals surface area contributed by atoms with Crippen LogP contribution in [0.4, 0.5) is 11.4 Å². The normalized spacial score (nSPS) is 11.2. The summed E-state index contributed by atoms with van der Waals surface area (Å²) in [6, 6.07) is 3.36. The number of hydrogen-bond acceptors (Lipinski definition) is 6. The lowest BCUT2D eigenvalue weighted by molar-refractivity contribution is -0.385. The van der Waals surface area contributed by atoms with E-state index in [0.717, 1.165) is 6.07 Å². The van der Waals surface area contributed by atoms with Gasteiger partial charge in [-0.25, -0.2) is 8.42 Å². The number of hydrogen-bond donors (Lipinski definition) is 1. The first-order valence-electron chi connectivity index (χ1n) is 6.25. The Morgan fingerprint density at radius 2 is 2.18 bits per heavy atom. The largest absolute Gasteiger partial charge is 0.495 e. The summed E-state index contributed by atoms with van der Waals surface area (Å²) < 4.78 is 33.6. The Balaban J connectivity index is 2.43. The zero-order valence-electron chi connectivity index (χ0n) is 11.9. The van der Waals surface area contributed by atoms with Crippen LogP contribution >= 0.6 is 0 Å². The Bertz CT molecular complexity index is 800. The molecule has 0 aliphatic carbocycles. The molecule has 118 valence electrons. The Morgan fingerprint density at radius 1 is 1.45 bits per heavy atom. The fourth-order valence-corrected chi connectivity index (χ4v) is 3.01. The van der Waals surface area contributed by atoms with E-state index in [1.807, 2.05) is 6.92 Å². The van der Waals surface area contributed by atoms with E-state index in [1.54, 1.807) is 4.68 Å². The first-order valence-corrected chi connectivity index (χ1v) is 7.73. The Morgan fingerprint density at radius 3 is 2.73 bits per heavy atom. The van der Waals surface area contributed by atoms with Crippen molar-refractivity contribution in [3.05, 3.63) is 40.7 Å². The SMILES string of the molecule is CCn1cc(NS(=O)(=O)c2cc([N+](=O)[O-])ccc2OC)cn1. The molecule has 2 rings (SSSR count). The van der Waals surface area contributed by atoms with Crippen molar-refractivity contribution >= 4 is 21.4 Å². The average molecular weight is 326 g/mol. The number of nitrogens with one attached hydrogen (secondary N) is 1. The number of methoxy groups -OCH3 is 1. The zero-order valence-corrected chi connectivity index (χ0v) is 12.7. The predicted octanol–water partition coefficient (Wildman–Crippen LogP) is 1.62. The number of aromatic nitrogens is 2. The van der Waals surface area contributed by atoms with Crippen molar-refractivity contribution in [1.29, 1.82) is 0 Å². The van der Waals surface area contributed by atoms with Gasteiger partial charge in [0.1, 0.15) is 10.6 Å². The summed E-state index contributed by atoms with van der Waals surface area (Å²) in [5.41, 5.74) is -0.0826. The number of sulfonamides is 1. The molecule has 1 N–H and O–H groups in total. The Labute approximate surface area is 126 Å². The average Bonchev–Trinajstić information content (AvgIpc) is 2.93. The minimum atomic E-state index is -4.04. The van der Waals surface area contributed by atoms with Crippen LogP contribution in [0.3, 0.4) is 0 Å². The molecule has 0 spiro atoms. The molecule has 0 atom stereocenters. The number of non-ortho nitro benzene ring substituents is 1. The summed E-state index contributed by atoms with van der Waals surface area (Å²) in [6.45, 7) is 2.44. The molecular formula is C12H14N4O5S. The second-order valence-electron chi connectivity index (χ2n) is 4.28. The molecule has 0 unspecified atom stereocenters. The van der Waals surface area contributed by atoms with Crippen molar-refractivity contribution in [2.75, 3.05) is 11.8 Å². The molecule has 1 heterocycles. The third-order valence-electron chi connectivity index (χ3n) is 2.86. The summed E-state index contributed by atoms with van der Waals surface area (Å²) in [6.07, 6.45) is 2.87. The van der Waals surface area contributed by atoms with Crippen LogP contribution in [0.25, 0.3) is 0 Å². The fraction of sp³-hybridized carbons (Fsp3) is 0.250. The van der Waals surface area contributed by atoms with Gasteiger partial charge in [-0.2, -0.15) is 5.10 Å². The van der Waals surface area contributed by atoms with Gasteiger partial charge in [0.15, 0.2) is 0 Å². The van der Waals surface area contributed by atoms with Gasteiger partial charge in [0, 0.05) is 24.9 Å². The highest BCUT2D eigenvalue weighted by Crippen LogP contribution is 2.29. The van der Waals surface area contributed by atoms with Gasteiger partial charge in [-0.05, 0) is 13.0 Å². The maximum atomic E-state index is 12.4. The van der Waals surface area contributed by atoms with Crippen molar-refractivity contribution < 1.29 is 18.1 Å². The van der Waals surface area contributed by atoms with Gasteiger partial charge >= 0.3 is 0 Å². The van der Waals surface area contributed by atoms with Gasteiger partial charge in [0.2, 0.25) is 0 Å². The van der Waals surface area contributed by atoms with Crippen LogP contribution in [0, 0.1) is 10.1 Å². The van der Waals surface area contributed by atoms with Crippen LogP contribution in [0.2, 0.25) is 0 Å². The van der Waals surface area contributed by atoms with Gasteiger partial charge < -0.3 is 4.74 Å². The highest BCUT2D eigenvalue weighted by molar-refractivity contribution is 7.92. The van der Waals surface area contributed by atoms with Crippen molar-refractivity contribution in [2.24, 2.45) is 0 Å². The Hall–Kier alpha value is -2.62. The van der Waals surface area contributed by atoms with Gasteiger partial charge in [-0.15, -0.1) is 0 Å². The molecule has 10 heteroatoms. The molecule has 0 radical (unpaired) electrons. The first kappa shape index (κ1) is 15.8. The summed E-state index contributed by atoms with van der Waals surface area (Å²) in [7, 11) is -2.75. The number of rotatable bonds is 6. The molecule has 0 saturated heterocycles. The third-order valence-corrected chi connectivity index (χ3v) is 4.26. The van der Waals surface area contributed by atoms with E-state index >= 15 is 0 Å². The second kappa shape index (κ2) is 6.02. The van der Waals surface area contributed by atoms with Gasteiger partial charge in [-0.1, -0.05) is 0 Å². The molecule has 1 aromatic carbocycles. The number of nitro benzene ring substituents is 1. The standard InChI is InChI=1S/C12H14N4O5S/c1-3-15-8-9(7-13-15)14-22(19,20)12-6-10(16(17)18)4-5-11(12)21-2/h4-8,14H,3H2,1-2H3. The highest BCUT2D eigenvalue weighted by Gasteiger charge is 2.23.